The first-order valence-electron chi connectivity index (χ1n) is 10.3. The van der Waals surface area contributed by atoms with Crippen molar-refractivity contribution >= 4 is 11.0 Å². The Labute approximate surface area is 168 Å². The summed E-state index contributed by atoms with van der Waals surface area (Å²) in [5, 5.41) is 1.03. The predicted octanol–water partition coefficient (Wildman–Crippen LogP) is 5.38. The van der Waals surface area contributed by atoms with Crippen LogP contribution >= 0.6 is 0 Å². The maximum atomic E-state index is 14.1. The van der Waals surface area contributed by atoms with Crippen LogP contribution in [-0.2, 0) is 13.0 Å². The molecule has 0 bridgehead atoms. The minimum Gasteiger partial charge on any atom is -0.328 e. The summed E-state index contributed by atoms with van der Waals surface area (Å²) in [6.07, 6.45) is 0.443. The van der Waals surface area contributed by atoms with Crippen LogP contribution in [0.1, 0.15) is 47.2 Å². The second kappa shape index (κ2) is 6.87. The number of aryl methyl sites for hydroxylation is 1. The van der Waals surface area contributed by atoms with Crippen LogP contribution in [0.4, 0.5) is 13.2 Å². The number of aromatic nitrogens is 2. The zero-order valence-electron chi connectivity index (χ0n) is 16.4. The average Bonchev–Trinajstić information content (AvgIpc) is 3.28. The maximum absolute atomic E-state index is 14.1. The summed E-state index contributed by atoms with van der Waals surface area (Å²) in [6.45, 7) is 3.86. The van der Waals surface area contributed by atoms with Crippen molar-refractivity contribution < 1.29 is 13.2 Å². The number of alkyl halides is 3. The SMILES string of the molecule is Cc1cnc2c(c1)c1c(n2CC(c2ccccc2)C(F)(F)F)CCN2CCCC12. The van der Waals surface area contributed by atoms with Crippen LogP contribution < -0.4 is 0 Å². The van der Waals surface area contributed by atoms with Gasteiger partial charge in [0.05, 0.1) is 5.92 Å². The lowest BCUT2D eigenvalue weighted by Crippen LogP contribution is -2.32. The molecule has 3 nitrogen and oxygen atoms in total. The van der Waals surface area contributed by atoms with Crippen LogP contribution in [0, 0.1) is 6.92 Å². The van der Waals surface area contributed by atoms with Gasteiger partial charge in [-0.2, -0.15) is 13.2 Å². The van der Waals surface area contributed by atoms with Crippen LogP contribution in [0.2, 0.25) is 0 Å². The number of nitrogens with zero attached hydrogens (tertiary/aromatic N) is 3. The van der Waals surface area contributed by atoms with Crippen LogP contribution in [-0.4, -0.2) is 33.7 Å². The standard InChI is InChI=1S/C23H24F3N3/c1-15-12-17-21-19-8-5-10-28(19)11-9-20(21)29(22(17)27-13-15)14-18(23(24,25)26)16-6-3-2-4-7-16/h2-4,6-7,12-13,18-19H,5,8-11,14H2,1H3. The summed E-state index contributed by atoms with van der Waals surface area (Å²) in [5.74, 6) is -1.55. The Morgan fingerprint density at radius 1 is 1.17 bits per heavy atom. The molecule has 0 radical (unpaired) electrons. The summed E-state index contributed by atoms with van der Waals surface area (Å²) >= 11 is 0. The Bertz CT molecular complexity index is 1040. The molecule has 2 aliphatic rings. The Hall–Kier alpha value is -2.34. The number of hydrogen-bond acceptors (Lipinski definition) is 2. The highest BCUT2D eigenvalue weighted by atomic mass is 19.4. The van der Waals surface area contributed by atoms with Gasteiger partial charge < -0.3 is 4.57 Å². The van der Waals surface area contributed by atoms with Gasteiger partial charge in [0, 0.05) is 42.8 Å². The third kappa shape index (κ3) is 3.14. The predicted molar refractivity (Wildman–Crippen MR) is 107 cm³/mol. The lowest BCUT2D eigenvalue weighted by Gasteiger charge is -2.31. The van der Waals surface area contributed by atoms with E-state index in [1.165, 1.54) is 5.56 Å². The summed E-state index contributed by atoms with van der Waals surface area (Å²) in [7, 11) is 0. The highest BCUT2D eigenvalue weighted by Crippen LogP contribution is 2.44. The molecular formula is C23H24F3N3. The molecule has 2 unspecified atom stereocenters. The number of fused-ring (bicyclic) bond motifs is 5. The lowest BCUT2D eigenvalue weighted by atomic mass is 9.95. The molecule has 0 N–H and O–H groups in total. The molecule has 3 aromatic rings. The Kier molecular flexibility index (Phi) is 4.42. The molecule has 152 valence electrons. The van der Waals surface area contributed by atoms with Gasteiger partial charge in [-0.1, -0.05) is 30.3 Å². The van der Waals surface area contributed by atoms with Crippen molar-refractivity contribution in [2.24, 2.45) is 0 Å². The van der Waals surface area contributed by atoms with Gasteiger partial charge in [0.15, 0.2) is 0 Å². The monoisotopic (exact) mass is 399 g/mol. The quantitative estimate of drug-likeness (QED) is 0.589. The fourth-order valence-corrected chi connectivity index (χ4v) is 5.18. The number of rotatable bonds is 3. The fourth-order valence-electron chi connectivity index (χ4n) is 5.18. The second-order valence-electron chi connectivity index (χ2n) is 8.30. The topological polar surface area (TPSA) is 21.1 Å². The Morgan fingerprint density at radius 2 is 1.97 bits per heavy atom. The number of benzene rings is 1. The zero-order chi connectivity index (χ0) is 20.2. The molecule has 0 aliphatic carbocycles. The molecule has 1 fully saturated rings. The fraction of sp³-hybridized carbons (Fsp3) is 0.435. The van der Waals surface area contributed by atoms with E-state index in [0.717, 1.165) is 49.0 Å². The van der Waals surface area contributed by atoms with E-state index in [4.69, 9.17) is 0 Å². The molecule has 29 heavy (non-hydrogen) atoms. The van der Waals surface area contributed by atoms with Crippen molar-refractivity contribution in [3.05, 3.63) is 65.0 Å². The Morgan fingerprint density at radius 3 is 2.72 bits per heavy atom. The van der Waals surface area contributed by atoms with Gasteiger partial charge in [0.1, 0.15) is 5.65 Å². The summed E-state index contributed by atoms with van der Waals surface area (Å²) in [6, 6.07) is 10.7. The smallest absolute Gasteiger partial charge is 0.328 e. The maximum Gasteiger partial charge on any atom is 0.397 e. The number of pyridine rings is 1. The van der Waals surface area contributed by atoms with E-state index in [0.29, 0.717) is 17.3 Å². The van der Waals surface area contributed by atoms with Crippen LogP contribution in [0.5, 0.6) is 0 Å². The highest BCUT2D eigenvalue weighted by Gasteiger charge is 2.43. The van der Waals surface area contributed by atoms with Gasteiger partial charge in [-0.15, -0.1) is 0 Å². The molecule has 2 atom stereocenters. The van der Waals surface area contributed by atoms with Crippen LogP contribution in [0.15, 0.2) is 42.6 Å². The molecular weight excluding hydrogens is 375 g/mol. The minimum absolute atomic E-state index is 0.123. The molecule has 1 aromatic carbocycles. The van der Waals surface area contributed by atoms with E-state index in [1.807, 2.05) is 11.5 Å². The van der Waals surface area contributed by atoms with Gasteiger partial charge in [-0.05, 0) is 49.1 Å². The number of halogens is 3. The third-order valence-corrected chi connectivity index (χ3v) is 6.48. The number of hydrogen-bond donors (Lipinski definition) is 0. The summed E-state index contributed by atoms with van der Waals surface area (Å²) < 4.78 is 44.1. The van der Waals surface area contributed by atoms with Gasteiger partial charge in [0.2, 0.25) is 0 Å². The zero-order valence-corrected chi connectivity index (χ0v) is 16.4. The average molecular weight is 399 g/mol. The molecule has 2 aromatic heterocycles. The first kappa shape index (κ1) is 18.7. The first-order valence-corrected chi connectivity index (χ1v) is 10.3. The van der Waals surface area contributed by atoms with Crippen LogP contribution in [0.3, 0.4) is 0 Å². The van der Waals surface area contributed by atoms with Crippen molar-refractivity contribution in [2.45, 2.75) is 50.9 Å². The van der Waals surface area contributed by atoms with Gasteiger partial charge in [-0.25, -0.2) is 4.98 Å². The molecule has 5 rings (SSSR count). The summed E-state index contributed by atoms with van der Waals surface area (Å²) in [4.78, 5) is 7.08. The van der Waals surface area contributed by atoms with E-state index in [2.05, 4.69) is 16.0 Å². The molecule has 4 heterocycles. The van der Waals surface area contributed by atoms with E-state index in [9.17, 15) is 13.2 Å². The molecule has 0 saturated carbocycles. The normalized spacial score (nSPS) is 20.6. The lowest BCUT2D eigenvalue weighted by molar-refractivity contribution is -0.153. The first-order chi connectivity index (χ1) is 13.9. The van der Waals surface area contributed by atoms with Crippen molar-refractivity contribution in [2.75, 3.05) is 13.1 Å². The minimum atomic E-state index is -4.32. The van der Waals surface area contributed by atoms with Crippen molar-refractivity contribution in [1.82, 2.24) is 14.5 Å². The van der Waals surface area contributed by atoms with Crippen molar-refractivity contribution in [3.63, 3.8) is 0 Å². The van der Waals surface area contributed by atoms with E-state index >= 15 is 0 Å². The van der Waals surface area contributed by atoms with E-state index < -0.39 is 12.1 Å². The summed E-state index contributed by atoms with van der Waals surface area (Å²) in [5.41, 5.74) is 4.31. The molecule has 2 aliphatic heterocycles. The highest BCUT2D eigenvalue weighted by molar-refractivity contribution is 5.84. The van der Waals surface area contributed by atoms with Gasteiger partial charge in [-0.3, -0.25) is 4.90 Å². The van der Waals surface area contributed by atoms with E-state index in [1.54, 1.807) is 36.5 Å². The second-order valence-corrected chi connectivity index (χ2v) is 8.30. The molecule has 0 amide bonds. The Balaban J connectivity index is 1.67. The van der Waals surface area contributed by atoms with Crippen molar-refractivity contribution in [3.8, 4) is 0 Å². The molecule has 6 heteroatoms. The molecule has 0 spiro atoms. The third-order valence-electron chi connectivity index (χ3n) is 6.48. The van der Waals surface area contributed by atoms with E-state index in [-0.39, 0.29) is 6.54 Å². The molecule has 1 saturated heterocycles. The largest absolute Gasteiger partial charge is 0.397 e. The van der Waals surface area contributed by atoms with Gasteiger partial charge >= 0.3 is 6.18 Å². The van der Waals surface area contributed by atoms with Gasteiger partial charge in [0.25, 0.3) is 0 Å². The van der Waals surface area contributed by atoms with Crippen molar-refractivity contribution in [1.29, 1.82) is 0 Å². The van der Waals surface area contributed by atoms with Crippen LogP contribution in [0.25, 0.3) is 11.0 Å².